The van der Waals surface area contributed by atoms with Crippen molar-refractivity contribution >= 4 is 23.0 Å². The van der Waals surface area contributed by atoms with E-state index in [4.69, 9.17) is 9.47 Å². The molecule has 4 aromatic rings. The fraction of sp³-hybridized carbons (Fsp3) is 0.167. The first-order chi connectivity index (χ1) is 17.2. The number of ether oxygens (including phenoxy) is 2. The van der Waals surface area contributed by atoms with Gasteiger partial charge in [-0.3, -0.25) is 0 Å². The minimum Gasteiger partial charge on any atom is -0.456 e. The number of anilines is 3. The summed E-state index contributed by atoms with van der Waals surface area (Å²) in [6, 6.07) is 30.0. The predicted molar refractivity (Wildman–Crippen MR) is 136 cm³/mol. The molecule has 1 spiro atoms. The van der Waals surface area contributed by atoms with Crippen LogP contribution in [0.2, 0.25) is 0 Å². The molecule has 3 aliphatic rings. The Bertz CT molecular complexity index is 1460. The van der Waals surface area contributed by atoms with Crippen LogP contribution < -0.4 is 15.0 Å². The fourth-order valence-corrected chi connectivity index (χ4v) is 5.60. The highest BCUT2D eigenvalue weighted by Gasteiger charge is 2.53. The number of carbonyl (C=O) groups is 1. The molecule has 1 unspecified atom stereocenters. The molecule has 0 saturated carbocycles. The quantitative estimate of drug-likeness (QED) is 0.349. The molecule has 1 saturated heterocycles. The van der Waals surface area contributed by atoms with E-state index in [-0.39, 0.29) is 5.97 Å². The summed E-state index contributed by atoms with van der Waals surface area (Å²) in [5.41, 5.74) is 5.07. The molecule has 0 aromatic heterocycles. The molecule has 5 heteroatoms. The van der Waals surface area contributed by atoms with Gasteiger partial charge in [0.05, 0.1) is 5.56 Å². The molecule has 1 N–H and O–H groups in total. The minimum atomic E-state index is -1.06. The van der Waals surface area contributed by atoms with E-state index in [2.05, 4.69) is 28.4 Å². The van der Waals surface area contributed by atoms with E-state index in [1.54, 1.807) is 0 Å². The maximum absolute atomic E-state index is 13.1. The van der Waals surface area contributed by atoms with Gasteiger partial charge in [0.15, 0.2) is 5.60 Å². The van der Waals surface area contributed by atoms with Gasteiger partial charge in [0.25, 0.3) is 0 Å². The number of carbonyl (C=O) groups excluding carboxylic acids is 1. The predicted octanol–water partition coefficient (Wildman–Crippen LogP) is 6.60. The highest BCUT2D eigenvalue weighted by Crippen LogP contribution is 2.57. The molecule has 35 heavy (non-hydrogen) atoms. The molecular formula is C30H24N2O3. The van der Waals surface area contributed by atoms with Crippen molar-refractivity contribution in [2.24, 2.45) is 0 Å². The summed E-state index contributed by atoms with van der Waals surface area (Å²) in [6.07, 6.45) is 2.40. The van der Waals surface area contributed by atoms with Gasteiger partial charge in [-0.15, -0.1) is 0 Å². The van der Waals surface area contributed by atoms with E-state index >= 15 is 0 Å². The summed E-state index contributed by atoms with van der Waals surface area (Å²) < 4.78 is 12.8. The molecule has 3 heterocycles. The Hall–Kier alpha value is -4.25. The largest absolute Gasteiger partial charge is 0.456 e. The Labute approximate surface area is 203 Å². The second-order valence-corrected chi connectivity index (χ2v) is 9.29. The number of nitrogens with one attached hydrogen (secondary N) is 1. The summed E-state index contributed by atoms with van der Waals surface area (Å²) in [5, 5.41) is 3.46. The first-order valence-electron chi connectivity index (χ1n) is 12.1. The number of esters is 1. The van der Waals surface area contributed by atoms with Crippen molar-refractivity contribution in [1.82, 2.24) is 0 Å². The Morgan fingerprint density at radius 2 is 1.51 bits per heavy atom. The molecule has 0 bridgehead atoms. The van der Waals surface area contributed by atoms with Crippen LogP contribution in [0.1, 0.15) is 39.9 Å². The monoisotopic (exact) mass is 460 g/mol. The normalized spacial score (nSPS) is 19.5. The molecule has 3 aliphatic heterocycles. The maximum Gasteiger partial charge on any atom is 0.340 e. The van der Waals surface area contributed by atoms with Gasteiger partial charge in [0.2, 0.25) is 0 Å². The SMILES string of the molecule is O=C1OC2(c3ccc(N4CCCC4)cc3Oc3ccc(Nc4ccccc4)cc32)c2ccccc21. The van der Waals surface area contributed by atoms with Gasteiger partial charge in [-0.25, -0.2) is 4.79 Å². The first-order valence-corrected chi connectivity index (χ1v) is 12.1. The van der Waals surface area contributed by atoms with E-state index in [1.807, 2.05) is 72.8 Å². The lowest BCUT2D eigenvalue weighted by molar-refractivity contribution is 0.0224. The number of rotatable bonds is 3. The molecule has 172 valence electrons. The molecule has 0 aliphatic carbocycles. The van der Waals surface area contributed by atoms with Gasteiger partial charge in [0.1, 0.15) is 11.5 Å². The van der Waals surface area contributed by atoms with Gasteiger partial charge >= 0.3 is 5.97 Å². The third-order valence-electron chi connectivity index (χ3n) is 7.23. The van der Waals surface area contributed by atoms with Crippen molar-refractivity contribution < 1.29 is 14.3 Å². The Balaban J connectivity index is 1.42. The van der Waals surface area contributed by atoms with Gasteiger partial charge in [-0.2, -0.15) is 0 Å². The highest BCUT2D eigenvalue weighted by atomic mass is 16.6. The third-order valence-corrected chi connectivity index (χ3v) is 7.23. The van der Waals surface area contributed by atoms with Gasteiger partial charge in [-0.05, 0) is 61.4 Å². The molecule has 1 fully saturated rings. The molecule has 0 radical (unpaired) electrons. The molecule has 1 atom stereocenters. The van der Waals surface area contributed by atoms with Crippen molar-refractivity contribution in [3.05, 3.63) is 113 Å². The van der Waals surface area contributed by atoms with Crippen LogP contribution in [0.4, 0.5) is 17.1 Å². The van der Waals surface area contributed by atoms with E-state index in [0.29, 0.717) is 11.3 Å². The number of nitrogens with zero attached hydrogens (tertiary/aromatic N) is 1. The van der Waals surface area contributed by atoms with Crippen molar-refractivity contribution in [2.75, 3.05) is 23.3 Å². The first kappa shape index (κ1) is 20.2. The smallest absolute Gasteiger partial charge is 0.340 e. The lowest BCUT2D eigenvalue weighted by atomic mass is 9.77. The van der Waals surface area contributed by atoms with Crippen LogP contribution in [0.15, 0.2) is 91.0 Å². The number of fused-ring (bicyclic) bond motifs is 6. The van der Waals surface area contributed by atoms with E-state index in [0.717, 1.165) is 52.6 Å². The Morgan fingerprint density at radius 3 is 2.37 bits per heavy atom. The van der Waals surface area contributed by atoms with Crippen LogP contribution in [-0.4, -0.2) is 19.1 Å². The lowest BCUT2D eigenvalue weighted by Gasteiger charge is -2.37. The summed E-state index contributed by atoms with van der Waals surface area (Å²) in [7, 11) is 0. The van der Waals surface area contributed by atoms with Crippen molar-refractivity contribution in [3.63, 3.8) is 0 Å². The van der Waals surface area contributed by atoms with E-state index in [9.17, 15) is 4.79 Å². The Kier molecular flexibility index (Phi) is 4.40. The second-order valence-electron chi connectivity index (χ2n) is 9.29. The fourth-order valence-electron chi connectivity index (χ4n) is 5.60. The van der Waals surface area contributed by atoms with Crippen LogP contribution in [0, 0.1) is 0 Å². The summed E-state index contributed by atoms with van der Waals surface area (Å²) >= 11 is 0. The van der Waals surface area contributed by atoms with Gasteiger partial charge in [0, 0.05) is 52.9 Å². The zero-order chi connectivity index (χ0) is 23.4. The van der Waals surface area contributed by atoms with E-state index in [1.165, 1.54) is 12.8 Å². The standard InChI is InChI=1S/C30H24N2O3/c33-29-23-10-4-5-11-24(23)30(35-29)25-14-13-22(32-16-6-7-17-32)19-28(25)34-27-15-12-21(18-26(27)30)31-20-8-2-1-3-9-20/h1-5,8-15,18-19,31H,6-7,16-17H2. The van der Waals surface area contributed by atoms with Crippen molar-refractivity contribution in [3.8, 4) is 11.5 Å². The third kappa shape index (κ3) is 3.04. The summed E-state index contributed by atoms with van der Waals surface area (Å²) in [4.78, 5) is 15.5. The summed E-state index contributed by atoms with van der Waals surface area (Å²) in [6.45, 7) is 2.10. The number of benzene rings is 4. The van der Waals surface area contributed by atoms with Gasteiger partial charge < -0.3 is 19.7 Å². The van der Waals surface area contributed by atoms with Crippen molar-refractivity contribution in [2.45, 2.75) is 18.4 Å². The Morgan fingerprint density at radius 1 is 0.714 bits per heavy atom. The van der Waals surface area contributed by atoms with Crippen LogP contribution in [0.5, 0.6) is 11.5 Å². The molecule has 5 nitrogen and oxygen atoms in total. The number of para-hydroxylation sites is 1. The maximum atomic E-state index is 13.1. The molecule has 0 amide bonds. The second kappa shape index (κ2) is 7.64. The molecule has 4 aromatic carbocycles. The lowest BCUT2D eigenvalue weighted by Crippen LogP contribution is -2.33. The van der Waals surface area contributed by atoms with Crippen LogP contribution in [-0.2, 0) is 10.3 Å². The molecule has 7 rings (SSSR count). The zero-order valence-corrected chi connectivity index (χ0v) is 19.2. The zero-order valence-electron chi connectivity index (χ0n) is 19.2. The van der Waals surface area contributed by atoms with Crippen LogP contribution in [0.3, 0.4) is 0 Å². The van der Waals surface area contributed by atoms with Gasteiger partial charge in [-0.1, -0.05) is 36.4 Å². The summed E-state index contributed by atoms with van der Waals surface area (Å²) in [5.74, 6) is 1.11. The van der Waals surface area contributed by atoms with E-state index < -0.39 is 5.60 Å². The number of hydrogen-bond acceptors (Lipinski definition) is 5. The minimum absolute atomic E-state index is 0.315. The van der Waals surface area contributed by atoms with Crippen LogP contribution in [0.25, 0.3) is 0 Å². The topological polar surface area (TPSA) is 50.8 Å². The van der Waals surface area contributed by atoms with Crippen LogP contribution >= 0.6 is 0 Å². The average molecular weight is 461 g/mol. The number of hydrogen-bond donors (Lipinski definition) is 1. The highest BCUT2D eigenvalue weighted by molar-refractivity contribution is 5.97. The van der Waals surface area contributed by atoms with Crippen molar-refractivity contribution in [1.29, 1.82) is 0 Å². The molecular weight excluding hydrogens is 436 g/mol. The average Bonchev–Trinajstić information content (AvgIpc) is 3.53.